The van der Waals surface area contributed by atoms with E-state index in [-0.39, 0.29) is 17.2 Å². The van der Waals surface area contributed by atoms with Gasteiger partial charge in [-0.3, -0.25) is 19.9 Å². The molecule has 0 N–H and O–H groups in total. The summed E-state index contributed by atoms with van der Waals surface area (Å²) in [5, 5.41) is 11.0. The molecule has 0 unspecified atom stereocenters. The van der Waals surface area contributed by atoms with Crippen molar-refractivity contribution in [3.8, 4) is 11.1 Å². The standard InChI is InChI=1S/C13H8N2O3/c1-7-2-3-8-9(6-7)13(16)12-11(8)10(15(17)18)4-5-14-12/h2-6H,1H3. The average Bonchev–Trinajstić information content (AvgIpc) is 2.63. The van der Waals surface area contributed by atoms with Crippen LogP contribution in [0.3, 0.4) is 0 Å². The number of benzene rings is 1. The quantitative estimate of drug-likeness (QED) is 0.484. The number of hydrogen-bond donors (Lipinski definition) is 0. The first kappa shape index (κ1) is 10.6. The lowest BCUT2D eigenvalue weighted by atomic mass is 10.0. The summed E-state index contributed by atoms with van der Waals surface area (Å²) in [7, 11) is 0. The third-order valence-corrected chi connectivity index (χ3v) is 3.03. The van der Waals surface area contributed by atoms with Crippen LogP contribution in [0.1, 0.15) is 21.6 Å². The largest absolute Gasteiger partial charge is 0.287 e. The van der Waals surface area contributed by atoms with E-state index in [4.69, 9.17) is 0 Å². The van der Waals surface area contributed by atoms with Gasteiger partial charge in [-0.1, -0.05) is 17.7 Å². The van der Waals surface area contributed by atoms with Gasteiger partial charge in [0.25, 0.3) is 5.69 Å². The maximum atomic E-state index is 12.1. The highest BCUT2D eigenvalue weighted by Crippen LogP contribution is 2.41. The maximum absolute atomic E-state index is 12.1. The first-order valence-corrected chi connectivity index (χ1v) is 5.38. The van der Waals surface area contributed by atoms with Gasteiger partial charge in [-0.15, -0.1) is 0 Å². The van der Waals surface area contributed by atoms with Crippen LogP contribution in [0.4, 0.5) is 5.69 Å². The van der Waals surface area contributed by atoms with E-state index < -0.39 is 4.92 Å². The normalized spacial score (nSPS) is 12.2. The topological polar surface area (TPSA) is 73.1 Å². The molecule has 1 aromatic heterocycles. The van der Waals surface area contributed by atoms with E-state index in [9.17, 15) is 14.9 Å². The van der Waals surface area contributed by atoms with Gasteiger partial charge < -0.3 is 0 Å². The highest BCUT2D eigenvalue weighted by atomic mass is 16.6. The second-order valence-corrected chi connectivity index (χ2v) is 4.19. The lowest BCUT2D eigenvalue weighted by Gasteiger charge is -2.01. The zero-order valence-corrected chi connectivity index (χ0v) is 9.51. The summed E-state index contributed by atoms with van der Waals surface area (Å²) in [6.45, 7) is 1.87. The van der Waals surface area contributed by atoms with Gasteiger partial charge in [0.2, 0.25) is 5.78 Å². The van der Waals surface area contributed by atoms with Crippen molar-refractivity contribution in [3.63, 3.8) is 0 Å². The molecular formula is C13H8N2O3. The van der Waals surface area contributed by atoms with Crippen molar-refractivity contribution in [1.29, 1.82) is 0 Å². The van der Waals surface area contributed by atoms with Gasteiger partial charge in [-0.05, 0) is 13.0 Å². The van der Waals surface area contributed by atoms with Crippen LogP contribution in [0.2, 0.25) is 0 Å². The monoisotopic (exact) mass is 240 g/mol. The molecule has 0 aliphatic heterocycles. The Morgan fingerprint density at radius 3 is 2.72 bits per heavy atom. The van der Waals surface area contributed by atoms with Crippen LogP contribution in [0.15, 0.2) is 30.5 Å². The zero-order chi connectivity index (χ0) is 12.9. The van der Waals surface area contributed by atoms with Crippen LogP contribution in [0, 0.1) is 17.0 Å². The van der Waals surface area contributed by atoms with E-state index in [2.05, 4.69) is 4.98 Å². The highest BCUT2D eigenvalue weighted by molar-refractivity contribution is 6.21. The molecular weight excluding hydrogens is 232 g/mol. The molecule has 0 radical (unpaired) electrons. The number of aryl methyl sites for hydroxylation is 1. The van der Waals surface area contributed by atoms with E-state index in [1.165, 1.54) is 12.3 Å². The van der Waals surface area contributed by atoms with E-state index in [1.54, 1.807) is 12.1 Å². The molecule has 1 aliphatic carbocycles. The number of carbonyl (C=O) groups is 1. The molecule has 5 nitrogen and oxygen atoms in total. The Bertz CT molecular complexity index is 707. The number of nitro groups is 1. The predicted octanol–water partition coefficient (Wildman–Crippen LogP) is 2.51. The molecule has 1 heterocycles. The fourth-order valence-electron chi connectivity index (χ4n) is 2.23. The van der Waals surface area contributed by atoms with Crippen LogP contribution >= 0.6 is 0 Å². The minimum Gasteiger partial charge on any atom is -0.287 e. The van der Waals surface area contributed by atoms with Crippen molar-refractivity contribution < 1.29 is 9.72 Å². The minimum atomic E-state index is -0.483. The molecule has 1 aromatic carbocycles. The number of nitrogens with zero attached hydrogens (tertiary/aromatic N) is 2. The number of hydrogen-bond acceptors (Lipinski definition) is 4. The third-order valence-electron chi connectivity index (χ3n) is 3.03. The summed E-state index contributed by atoms with van der Waals surface area (Å²) in [5.41, 5.74) is 2.47. The first-order chi connectivity index (χ1) is 8.59. The maximum Gasteiger partial charge on any atom is 0.281 e. The summed E-state index contributed by atoms with van der Waals surface area (Å²) < 4.78 is 0. The Labute approximate surface area is 102 Å². The van der Waals surface area contributed by atoms with Gasteiger partial charge in [-0.2, -0.15) is 0 Å². The molecule has 0 saturated carbocycles. The van der Waals surface area contributed by atoms with Crippen molar-refractivity contribution in [2.75, 3.05) is 0 Å². The summed E-state index contributed by atoms with van der Waals surface area (Å²) >= 11 is 0. The molecule has 1 aliphatic rings. The van der Waals surface area contributed by atoms with Crippen molar-refractivity contribution in [2.24, 2.45) is 0 Å². The average molecular weight is 240 g/mol. The summed E-state index contributed by atoms with van der Waals surface area (Å²) in [6, 6.07) is 6.63. The Morgan fingerprint density at radius 1 is 1.22 bits per heavy atom. The number of ketones is 1. The van der Waals surface area contributed by atoms with Crippen LogP contribution in [-0.2, 0) is 0 Å². The van der Waals surface area contributed by atoms with E-state index in [0.29, 0.717) is 16.7 Å². The number of aromatic nitrogens is 1. The number of fused-ring (bicyclic) bond motifs is 3. The van der Waals surface area contributed by atoms with E-state index in [1.807, 2.05) is 13.0 Å². The van der Waals surface area contributed by atoms with Gasteiger partial charge in [0, 0.05) is 23.4 Å². The van der Waals surface area contributed by atoms with Crippen molar-refractivity contribution in [2.45, 2.75) is 6.92 Å². The molecule has 0 spiro atoms. The molecule has 5 heteroatoms. The molecule has 2 aromatic rings. The number of pyridine rings is 1. The van der Waals surface area contributed by atoms with Crippen LogP contribution in [0.25, 0.3) is 11.1 Å². The Hall–Kier alpha value is -2.56. The second kappa shape index (κ2) is 3.46. The summed E-state index contributed by atoms with van der Waals surface area (Å²) in [5.74, 6) is -0.243. The number of carbonyl (C=O) groups excluding carboxylic acids is 1. The fraction of sp³-hybridized carbons (Fsp3) is 0.0769. The van der Waals surface area contributed by atoms with Gasteiger partial charge >= 0.3 is 0 Å². The molecule has 0 bridgehead atoms. The van der Waals surface area contributed by atoms with Gasteiger partial charge in [-0.25, -0.2) is 0 Å². The predicted molar refractivity (Wildman–Crippen MR) is 64.5 cm³/mol. The van der Waals surface area contributed by atoms with Gasteiger partial charge in [0.05, 0.1) is 10.5 Å². The summed E-state index contributed by atoms with van der Waals surface area (Å²) in [6.07, 6.45) is 1.30. The third kappa shape index (κ3) is 1.27. The zero-order valence-electron chi connectivity index (χ0n) is 9.51. The van der Waals surface area contributed by atoms with Crippen LogP contribution < -0.4 is 0 Å². The molecule has 0 atom stereocenters. The molecule has 0 fully saturated rings. The van der Waals surface area contributed by atoms with Crippen LogP contribution in [0.5, 0.6) is 0 Å². The highest BCUT2D eigenvalue weighted by Gasteiger charge is 2.34. The van der Waals surface area contributed by atoms with Crippen molar-refractivity contribution in [3.05, 3.63) is 57.4 Å². The Balaban J connectivity index is 2.39. The van der Waals surface area contributed by atoms with Gasteiger partial charge in [0.15, 0.2) is 0 Å². The smallest absolute Gasteiger partial charge is 0.281 e. The molecule has 88 valence electrons. The molecule has 18 heavy (non-hydrogen) atoms. The molecule has 3 rings (SSSR count). The second-order valence-electron chi connectivity index (χ2n) is 4.19. The SMILES string of the molecule is Cc1ccc2c(c1)C(=O)c1nccc([N+](=O)[O-])c1-2. The van der Waals surface area contributed by atoms with E-state index >= 15 is 0 Å². The van der Waals surface area contributed by atoms with Crippen molar-refractivity contribution in [1.82, 2.24) is 4.98 Å². The minimum absolute atomic E-state index is 0.0732. The molecule has 0 saturated heterocycles. The van der Waals surface area contributed by atoms with Gasteiger partial charge in [0.1, 0.15) is 5.69 Å². The Kier molecular flexibility index (Phi) is 2.04. The Morgan fingerprint density at radius 2 is 2.00 bits per heavy atom. The molecule has 0 amide bonds. The fourth-order valence-corrected chi connectivity index (χ4v) is 2.23. The number of rotatable bonds is 1. The summed E-state index contributed by atoms with van der Waals surface area (Å²) in [4.78, 5) is 26.6. The lowest BCUT2D eigenvalue weighted by Crippen LogP contribution is -1.99. The lowest BCUT2D eigenvalue weighted by molar-refractivity contribution is -0.384. The van der Waals surface area contributed by atoms with Crippen LogP contribution in [-0.4, -0.2) is 15.7 Å². The van der Waals surface area contributed by atoms with Crippen molar-refractivity contribution >= 4 is 11.5 Å². The van der Waals surface area contributed by atoms with E-state index in [0.717, 1.165) is 5.56 Å². The first-order valence-electron chi connectivity index (χ1n) is 5.38.